The Balaban J connectivity index is 1.28. The monoisotopic (exact) mass is 535 g/mol. The Hall–Kier alpha value is -3.34. The van der Waals surface area contributed by atoms with Crippen molar-refractivity contribution in [1.82, 2.24) is 4.90 Å². The summed E-state index contributed by atoms with van der Waals surface area (Å²) in [7, 11) is 0. The van der Waals surface area contributed by atoms with Crippen LogP contribution in [0.5, 0.6) is 11.5 Å². The fraction of sp³-hybridized carbons (Fsp3) is 0.389. The Labute approximate surface area is 239 Å². The molecule has 2 unspecified atom stereocenters. The molecule has 3 aromatic carbocycles. The van der Waals surface area contributed by atoms with Crippen molar-refractivity contribution in [3.05, 3.63) is 101 Å². The van der Waals surface area contributed by atoms with E-state index in [0.717, 1.165) is 60.6 Å². The Bertz CT molecular complexity index is 1360. The van der Waals surface area contributed by atoms with E-state index in [1.807, 2.05) is 6.07 Å². The second-order valence-electron chi connectivity index (χ2n) is 11.4. The zero-order valence-electron chi connectivity index (χ0n) is 23.9. The molecule has 6 rings (SSSR count). The van der Waals surface area contributed by atoms with Crippen molar-refractivity contribution in [3.8, 4) is 11.5 Å². The smallest absolute Gasteiger partial charge is 0.199 e. The Morgan fingerprint density at radius 3 is 2.55 bits per heavy atom. The number of nitrogens with zero attached hydrogens (tertiary/aromatic N) is 1. The van der Waals surface area contributed by atoms with Gasteiger partial charge < -0.3 is 14.2 Å². The number of hydrogen-bond donors (Lipinski definition) is 0. The summed E-state index contributed by atoms with van der Waals surface area (Å²) in [6.45, 7) is 8.59. The number of piperidine rings is 1. The van der Waals surface area contributed by atoms with Gasteiger partial charge in [0.15, 0.2) is 6.29 Å². The van der Waals surface area contributed by atoms with E-state index in [9.17, 15) is 0 Å². The minimum absolute atomic E-state index is 0.170. The summed E-state index contributed by atoms with van der Waals surface area (Å²) in [6.07, 6.45) is 11.4. The first-order chi connectivity index (χ1) is 19.6. The van der Waals surface area contributed by atoms with Gasteiger partial charge in [-0.15, -0.1) is 0 Å². The van der Waals surface area contributed by atoms with E-state index in [2.05, 4.69) is 91.6 Å². The molecule has 3 heterocycles. The molecule has 3 aliphatic rings. The average Bonchev–Trinajstić information content (AvgIpc) is 2.99. The van der Waals surface area contributed by atoms with Crippen molar-refractivity contribution < 1.29 is 14.2 Å². The quantitative estimate of drug-likeness (QED) is 0.304. The zero-order valence-corrected chi connectivity index (χ0v) is 23.9. The van der Waals surface area contributed by atoms with Crippen LogP contribution in [0.3, 0.4) is 0 Å². The van der Waals surface area contributed by atoms with Gasteiger partial charge in [0.05, 0.1) is 6.61 Å². The van der Waals surface area contributed by atoms with E-state index in [-0.39, 0.29) is 12.4 Å². The zero-order chi connectivity index (χ0) is 27.3. The molecule has 0 aromatic heterocycles. The van der Waals surface area contributed by atoms with Crippen LogP contribution in [0.1, 0.15) is 79.4 Å². The standard InChI is InChI=1S/C36H41NO3/c1-26-14-19-33-32(24-26)27(2)35(30-11-8-12-31(25-30)39-34-13-4-7-23-38-34)36(40-33)29-17-15-28(16-18-29)10-9-22-37-20-5-3-6-21-37/h8-12,14-19,24-25,34,36H,3-7,13,20-23H2,1-2H3/b10-9+. The highest BCUT2D eigenvalue weighted by Gasteiger charge is 2.29. The van der Waals surface area contributed by atoms with E-state index in [4.69, 9.17) is 14.2 Å². The molecule has 2 fully saturated rings. The van der Waals surface area contributed by atoms with Crippen molar-refractivity contribution in [1.29, 1.82) is 0 Å². The molecule has 3 aliphatic heterocycles. The summed E-state index contributed by atoms with van der Waals surface area (Å²) in [4.78, 5) is 2.54. The van der Waals surface area contributed by atoms with Crippen molar-refractivity contribution in [2.45, 2.75) is 64.8 Å². The van der Waals surface area contributed by atoms with E-state index >= 15 is 0 Å². The Morgan fingerprint density at radius 2 is 1.75 bits per heavy atom. The Morgan fingerprint density at radius 1 is 0.900 bits per heavy atom. The van der Waals surface area contributed by atoms with Crippen LogP contribution in [0.25, 0.3) is 17.2 Å². The molecule has 0 bridgehead atoms. The van der Waals surface area contributed by atoms with Crippen molar-refractivity contribution >= 4 is 17.2 Å². The first kappa shape index (κ1) is 26.9. The maximum absolute atomic E-state index is 6.75. The third-order valence-electron chi connectivity index (χ3n) is 8.36. The van der Waals surface area contributed by atoms with Crippen LogP contribution >= 0.6 is 0 Å². The normalized spacial score (nSPS) is 21.8. The molecule has 2 saturated heterocycles. The van der Waals surface area contributed by atoms with Crippen LogP contribution in [0.4, 0.5) is 0 Å². The topological polar surface area (TPSA) is 30.9 Å². The van der Waals surface area contributed by atoms with Gasteiger partial charge in [0, 0.05) is 24.1 Å². The predicted octanol–water partition coefficient (Wildman–Crippen LogP) is 8.46. The Kier molecular flexibility index (Phi) is 8.36. The fourth-order valence-electron chi connectivity index (χ4n) is 6.12. The van der Waals surface area contributed by atoms with E-state index < -0.39 is 0 Å². The molecular formula is C36H41NO3. The lowest BCUT2D eigenvalue weighted by atomic mass is 9.85. The third kappa shape index (κ3) is 6.19. The van der Waals surface area contributed by atoms with E-state index in [1.165, 1.54) is 54.6 Å². The second-order valence-corrected chi connectivity index (χ2v) is 11.4. The summed E-state index contributed by atoms with van der Waals surface area (Å²) in [5.74, 6) is 1.78. The highest BCUT2D eigenvalue weighted by Crippen LogP contribution is 2.47. The molecule has 2 atom stereocenters. The van der Waals surface area contributed by atoms with Gasteiger partial charge in [-0.1, -0.05) is 66.6 Å². The molecule has 0 N–H and O–H groups in total. The molecule has 0 spiro atoms. The largest absolute Gasteiger partial charge is 0.480 e. The third-order valence-corrected chi connectivity index (χ3v) is 8.36. The molecule has 208 valence electrons. The summed E-state index contributed by atoms with van der Waals surface area (Å²) in [5.41, 5.74) is 8.30. The molecule has 40 heavy (non-hydrogen) atoms. The molecular weight excluding hydrogens is 494 g/mol. The highest BCUT2D eigenvalue weighted by molar-refractivity contribution is 5.95. The number of rotatable bonds is 7. The van der Waals surface area contributed by atoms with Gasteiger partial charge >= 0.3 is 0 Å². The van der Waals surface area contributed by atoms with Crippen LogP contribution < -0.4 is 9.47 Å². The van der Waals surface area contributed by atoms with Crippen LogP contribution in [0, 0.1) is 6.92 Å². The van der Waals surface area contributed by atoms with Crippen LogP contribution in [-0.4, -0.2) is 37.4 Å². The summed E-state index contributed by atoms with van der Waals surface area (Å²) in [6, 6.07) is 23.7. The predicted molar refractivity (Wildman–Crippen MR) is 163 cm³/mol. The minimum atomic E-state index is -0.206. The van der Waals surface area contributed by atoms with E-state index in [0.29, 0.717) is 0 Å². The second kappa shape index (κ2) is 12.4. The van der Waals surface area contributed by atoms with Crippen molar-refractivity contribution in [3.63, 3.8) is 0 Å². The maximum Gasteiger partial charge on any atom is 0.199 e. The van der Waals surface area contributed by atoms with Crippen molar-refractivity contribution in [2.75, 3.05) is 26.2 Å². The molecule has 0 radical (unpaired) electrons. The number of allylic oxidation sites excluding steroid dienone is 1. The number of aryl methyl sites for hydroxylation is 1. The molecule has 4 nitrogen and oxygen atoms in total. The van der Waals surface area contributed by atoms with Gasteiger partial charge in [-0.3, -0.25) is 4.90 Å². The molecule has 0 amide bonds. The summed E-state index contributed by atoms with van der Waals surface area (Å²) >= 11 is 0. The molecule has 0 saturated carbocycles. The minimum Gasteiger partial charge on any atom is -0.480 e. The lowest BCUT2D eigenvalue weighted by Gasteiger charge is -2.31. The fourth-order valence-corrected chi connectivity index (χ4v) is 6.12. The summed E-state index contributed by atoms with van der Waals surface area (Å²) in [5, 5.41) is 0. The van der Waals surface area contributed by atoms with Gasteiger partial charge in [0.1, 0.15) is 17.6 Å². The SMILES string of the molecule is CC1=C(c2cccc(OC3CCCCO3)c2)C(c2ccc(/C=C/CN3CCCCC3)cc2)Oc2ccc(C)cc21. The van der Waals surface area contributed by atoms with E-state index in [1.54, 1.807) is 0 Å². The van der Waals surface area contributed by atoms with Gasteiger partial charge in [-0.05, 0) is 99.1 Å². The highest BCUT2D eigenvalue weighted by atomic mass is 16.7. The number of ether oxygens (including phenoxy) is 3. The number of benzene rings is 3. The van der Waals surface area contributed by atoms with Gasteiger partial charge in [-0.25, -0.2) is 0 Å². The lowest BCUT2D eigenvalue weighted by molar-refractivity contribution is -0.105. The van der Waals surface area contributed by atoms with Gasteiger partial charge in [-0.2, -0.15) is 0 Å². The molecule has 0 aliphatic carbocycles. The van der Waals surface area contributed by atoms with Crippen LogP contribution in [0.15, 0.2) is 72.8 Å². The lowest BCUT2D eigenvalue weighted by Crippen LogP contribution is -2.29. The van der Waals surface area contributed by atoms with Crippen LogP contribution in [-0.2, 0) is 4.74 Å². The number of hydrogen-bond acceptors (Lipinski definition) is 4. The molecule has 4 heteroatoms. The number of likely N-dealkylation sites (tertiary alicyclic amines) is 1. The van der Waals surface area contributed by atoms with Gasteiger partial charge in [0.2, 0.25) is 0 Å². The maximum atomic E-state index is 6.75. The van der Waals surface area contributed by atoms with Gasteiger partial charge in [0.25, 0.3) is 0 Å². The summed E-state index contributed by atoms with van der Waals surface area (Å²) < 4.78 is 18.8. The molecule has 3 aromatic rings. The van der Waals surface area contributed by atoms with Crippen LogP contribution in [0.2, 0.25) is 0 Å². The van der Waals surface area contributed by atoms with Crippen molar-refractivity contribution in [2.24, 2.45) is 0 Å². The first-order valence-electron chi connectivity index (χ1n) is 15.0. The average molecular weight is 536 g/mol. The first-order valence-corrected chi connectivity index (χ1v) is 15.0. The number of fused-ring (bicyclic) bond motifs is 1.